The first-order valence-corrected chi connectivity index (χ1v) is 5.18. The number of nitrogens with one attached hydrogen (secondary N) is 1. The second-order valence-electron chi connectivity index (χ2n) is 3.64. The number of methoxy groups -OCH3 is 1. The minimum absolute atomic E-state index is 0.408. The predicted molar refractivity (Wildman–Crippen MR) is 52.9 cm³/mol. The Balaban J connectivity index is 2.05. The van der Waals surface area contributed by atoms with Gasteiger partial charge in [0.25, 0.3) is 0 Å². The fourth-order valence-corrected chi connectivity index (χ4v) is 1.68. The maximum Gasteiger partial charge on any atom is 0.0725 e. The largest absolute Gasteiger partial charge is 0.385 e. The highest BCUT2D eigenvalue weighted by molar-refractivity contribution is 4.77. The van der Waals surface area contributed by atoms with E-state index in [1.807, 2.05) is 0 Å². The molecule has 78 valence electrons. The Labute approximate surface area is 80.8 Å². The lowest BCUT2D eigenvalue weighted by Gasteiger charge is -2.29. The van der Waals surface area contributed by atoms with Crippen LogP contribution < -0.4 is 5.32 Å². The molecule has 0 bridgehead atoms. The molecule has 1 aliphatic rings. The van der Waals surface area contributed by atoms with E-state index >= 15 is 0 Å². The van der Waals surface area contributed by atoms with Crippen LogP contribution in [0.1, 0.15) is 26.2 Å². The number of hydrogen-bond acceptors (Lipinski definition) is 3. The fraction of sp³-hybridized carbons (Fsp3) is 1.00. The summed E-state index contributed by atoms with van der Waals surface area (Å²) in [6.07, 6.45) is 3.84. The Bertz CT molecular complexity index is 130. The van der Waals surface area contributed by atoms with Crippen LogP contribution in [0.5, 0.6) is 0 Å². The Morgan fingerprint density at radius 2 is 2.23 bits per heavy atom. The molecule has 0 aliphatic carbocycles. The van der Waals surface area contributed by atoms with Gasteiger partial charge in [-0.05, 0) is 32.7 Å². The van der Waals surface area contributed by atoms with Gasteiger partial charge in [-0.25, -0.2) is 0 Å². The normalized spacial score (nSPS) is 29.1. The van der Waals surface area contributed by atoms with E-state index in [0.717, 1.165) is 26.2 Å². The summed E-state index contributed by atoms with van der Waals surface area (Å²) < 4.78 is 10.7. The first-order chi connectivity index (χ1) is 6.34. The molecule has 0 spiro atoms. The van der Waals surface area contributed by atoms with Crippen LogP contribution in [0.15, 0.2) is 0 Å². The highest BCUT2D eigenvalue weighted by Crippen LogP contribution is 2.12. The summed E-state index contributed by atoms with van der Waals surface area (Å²) in [5.74, 6) is 0. The third-order valence-electron chi connectivity index (χ3n) is 2.51. The zero-order chi connectivity index (χ0) is 9.52. The van der Waals surface area contributed by atoms with Gasteiger partial charge in [0.15, 0.2) is 0 Å². The van der Waals surface area contributed by atoms with Crippen molar-refractivity contribution in [3.05, 3.63) is 0 Å². The first kappa shape index (κ1) is 11.0. The molecule has 1 heterocycles. The maximum absolute atomic E-state index is 5.75. The summed E-state index contributed by atoms with van der Waals surface area (Å²) >= 11 is 0. The van der Waals surface area contributed by atoms with E-state index < -0.39 is 0 Å². The second-order valence-corrected chi connectivity index (χ2v) is 3.64. The summed E-state index contributed by atoms with van der Waals surface area (Å²) in [6, 6.07) is 0.510. The van der Waals surface area contributed by atoms with Crippen LogP contribution in [0, 0.1) is 0 Å². The third kappa shape index (κ3) is 4.07. The van der Waals surface area contributed by atoms with Crippen LogP contribution in [0.25, 0.3) is 0 Å². The van der Waals surface area contributed by atoms with Crippen LogP contribution in [0.4, 0.5) is 0 Å². The predicted octanol–water partition coefficient (Wildman–Crippen LogP) is 1.18. The van der Waals surface area contributed by atoms with Crippen molar-refractivity contribution in [1.82, 2.24) is 5.32 Å². The molecular weight excluding hydrogens is 166 g/mol. The number of rotatable bonds is 5. The molecule has 1 rings (SSSR count). The maximum atomic E-state index is 5.75. The van der Waals surface area contributed by atoms with Gasteiger partial charge in [0.05, 0.1) is 6.10 Å². The van der Waals surface area contributed by atoms with Crippen molar-refractivity contribution in [2.24, 2.45) is 0 Å². The van der Waals surface area contributed by atoms with E-state index in [1.54, 1.807) is 7.11 Å². The Kier molecular flexibility index (Phi) is 5.35. The van der Waals surface area contributed by atoms with Gasteiger partial charge in [0.1, 0.15) is 0 Å². The Morgan fingerprint density at radius 1 is 1.38 bits per heavy atom. The molecule has 0 aromatic rings. The van der Waals surface area contributed by atoms with Crippen molar-refractivity contribution in [2.45, 2.75) is 38.3 Å². The van der Waals surface area contributed by atoms with E-state index in [-0.39, 0.29) is 0 Å². The second kappa shape index (κ2) is 6.35. The highest BCUT2D eigenvalue weighted by Gasteiger charge is 2.20. The van der Waals surface area contributed by atoms with Crippen LogP contribution in [-0.4, -0.2) is 39.0 Å². The van der Waals surface area contributed by atoms with Crippen molar-refractivity contribution < 1.29 is 9.47 Å². The fourth-order valence-electron chi connectivity index (χ4n) is 1.68. The highest BCUT2D eigenvalue weighted by atomic mass is 16.5. The smallest absolute Gasteiger partial charge is 0.0725 e. The molecule has 3 heteroatoms. The van der Waals surface area contributed by atoms with E-state index in [1.165, 1.54) is 12.8 Å². The standard InChI is InChI=1S/C10H21NO2/c1-9-10(5-3-6-11-9)13-8-4-7-12-2/h9-11H,3-8H2,1-2H3. The summed E-state index contributed by atoms with van der Waals surface area (Å²) in [4.78, 5) is 0. The third-order valence-corrected chi connectivity index (χ3v) is 2.51. The van der Waals surface area contributed by atoms with E-state index in [2.05, 4.69) is 12.2 Å². The molecule has 1 saturated heterocycles. The van der Waals surface area contributed by atoms with Crippen molar-refractivity contribution >= 4 is 0 Å². The zero-order valence-electron chi connectivity index (χ0n) is 8.71. The molecule has 0 radical (unpaired) electrons. The minimum atomic E-state index is 0.408. The Hall–Kier alpha value is -0.120. The molecular formula is C10H21NO2. The molecule has 13 heavy (non-hydrogen) atoms. The monoisotopic (exact) mass is 187 g/mol. The summed E-state index contributed by atoms with van der Waals surface area (Å²) in [7, 11) is 1.73. The lowest BCUT2D eigenvalue weighted by molar-refractivity contribution is 0.00413. The van der Waals surface area contributed by atoms with Gasteiger partial charge in [0, 0.05) is 26.4 Å². The van der Waals surface area contributed by atoms with E-state index in [4.69, 9.17) is 9.47 Å². The van der Waals surface area contributed by atoms with Gasteiger partial charge in [-0.3, -0.25) is 0 Å². The summed E-state index contributed by atoms with van der Waals surface area (Å²) in [5.41, 5.74) is 0. The molecule has 3 nitrogen and oxygen atoms in total. The molecule has 0 saturated carbocycles. The van der Waals surface area contributed by atoms with Gasteiger partial charge in [0.2, 0.25) is 0 Å². The number of hydrogen-bond donors (Lipinski definition) is 1. The zero-order valence-corrected chi connectivity index (χ0v) is 8.71. The van der Waals surface area contributed by atoms with Crippen molar-refractivity contribution in [3.8, 4) is 0 Å². The molecule has 1 fully saturated rings. The lowest BCUT2D eigenvalue weighted by atomic mass is 10.0. The van der Waals surface area contributed by atoms with Crippen LogP contribution in [0.2, 0.25) is 0 Å². The van der Waals surface area contributed by atoms with E-state index in [0.29, 0.717) is 12.1 Å². The minimum Gasteiger partial charge on any atom is -0.385 e. The topological polar surface area (TPSA) is 30.5 Å². The number of piperidine rings is 1. The molecule has 1 N–H and O–H groups in total. The quantitative estimate of drug-likeness (QED) is 0.656. The average Bonchev–Trinajstić information content (AvgIpc) is 2.15. The van der Waals surface area contributed by atoms with Crippen LogP contribution in [-0.2, 0) is 9.47 Å². The van der Waals surface area contributed by atoms with Gasteiger partial charge in [-0.2, -0.15) is 0 Å². The molecule has 0 aromatic heterocycles. The van der Waals surface area contributed by atoms with Gasteiger partial charge >= 0.3 is 0 Å². The SMILES string of the molecule is COCCCOC1CCCNC1C. The van der Waals surface area contributed by atoms with Gasteiger partial charge in [-0.15, -0.1) is 0 Å². The molecule has 0 amide bonds. The van der Waals surface area contributed by atoms with Crippen molar-refractivity contribution in [1.29, 1.82) is 0 Å². The first-order valence-electron chi connectivity index (χ1n) is 5.18. The van der Waals surface area contributed by atoms with E-state index in [9.17, 15) is 0 Å². The lowest BCUT2D eigenvalue weighted by Crippen LogP contribution is -2.44. The molecule has 2 unspecified atom stereocenters. The van der Waals surface area contributed by atoms with Gasteiger partial charge < -0.3 is 14.8 Å². The van der Waals surface area contributed by atoms with Crippen LogP contribution in [0.3, 0.4) is 0 Å². The van der Waals surface area contributed by atoms with Crippen molar-refractivity contribution in [2.75, 3.05) is 26.9 Å². The molecule has 0 aromatic carbocycles. The molecule has 1 aliphatic heterocycles. The summed E-state index contributed by atoms with van der Waals surface area (Å²) in [6.45, 7) is 4.96. The van der Waals surface area contributed by atoms with Crippen molar-refractivity contribution in [3.63, 3.8) is 0 Å². The average molecular weight is 187 g/mol. The Morgan fingerprint density at radius 3 is 2.92 bits per heavy atom. The number of ether oxygens (including phenoxy) is 2. The summed E-state index contributed by atoms with van der Waals surface area (Å²) in [5, 5.41) is 3.42. The van der Waals surface area contributed by atoms with Gasteiger partial charge in [-0.1, -0.05) is 0 Å². The van der Waals surface area contributed by atoms with Crippen LogP contribution >= 0.6 is 0 Å². The molecule has 2 atom stereocenters.